The molecule has 0 saturated carbocycles. The summed E-state index contributed by atoms with van der Waals surface area (Å²) < 4.78 is 6.90. The van der Waals surface area contributed by atoms with E-state index in [0.29, 0.717) is 12.2 Å². The van der Waals surface area contributed by atoms with Crippen molar-refractivity contribution < 1.29 is 4.74 Å². The summed E-state index contributed by atoms with van der Waals surface area (Å²) in [6.45, 7) is 1.27. The maximum atomic E-state index is 12.4. The number of rotatable bonds is 1. The molecule has 1 N–H and O–H groups in total. The summed E-state index contributed by atoms with van der Waals surface area (Å²) in [5, 5.41) is 2.74. The summed E-state index contributed by atoms with van der Waals surface area (Å²) in [6, 6.07) is -0.00817. The van der Waals surface area contributed by atoms with Gasteiger partial charge in [0.05, 0.1) is 12.6 Å². The highest BCUT2D eigenvalue weighted by molar-refractivity contribution is 5.24. The van der Waals surface area contributed by atoms with E-state index in [1.807, 2.05) is 0 Å². The minimum Gasteiger partial charge on any atom is -0.379 e. The Kier molecular flexibility index (Phi) is 3.07. The van der Waals surface area contributed by atoms with Crippen LogP contribution in [0.5, 0.6) is 0 Å². The SMILES string of the molecule is O=c1[nH]n(C2CCCOC2)c(=O)c2c1CCCC2. The first-order valence-corrected chi connectivity index (χ1v) is 6.71. The number of aromatic nitrogens is 2. The van der Waals surface area contributed by atoms with Crippen LogP contribution in [0.4, 0.5) is 0 Å². The van der Waals surface area contributed by atoms with Crippen LogP contribution in [-0.2, 0) is 17.6 Å². The summed E-state index contributed by atoms with van der Waals surface area (Å²) in [6.07, 6.45) is 5.33. The fourth-order valence-corrected chi connectivity index (χ4v) is 2.95. The first-order valence-electron chi connectivity index (χ1n) is 6.71. The lowest BCUT2D eigenvalue weighted by Crippen LogP contribution is -2.40. The zero-order valence-corrected chi connectivity index (χ0v) is 10.4. The van der Waals surface area contributed by atoms with E-state index in [1.165, 1.54) is 4.68 Å². The summed E-state index contributed by atoms with van der Waals surface area (Å²) in [5.41, 5.74) is 1.34. The van der Waals surface area contributed by atoms with Crippen LogP contribution >= 0.6 is 0 Å². The molecule has 98 valence electrons. The van der Waals surface area contributed by atoms with Gasteiger partial charge in [0, 0.05) is 17.7 Å². The molecular weight excluding hydrogens is 232 g/mol. The van der Waals surface area contributed by atoms with Crippen LogP contribution in [0.25, 0.3) is 0 Å². The molecular formula is C13H18N2O3. The van der Waals surface area contributed by atoms with E-state index in [-0.39, 0.29) is 17.2 Å². The highest BCUT2D eigenvalue weighted by atomic mass is 16.5. The topological polar surface area (TPSA) is 64.1 Å². The molecule has 1 unspecified atom stereocenters. The van der Waals surface area contributed by atoms with Crippen LogP contribution in [-0.4, -0.2) is 23.0 Å². The number of nitrogens with zero attached hydrogens (tertiary/aromatic N) is 1. The van der Waals surface area contributed by atoms with Crippen molar-refractivity contribution in [1.29, 1.82) is 0 Å². The third kappa shape index (κ3) is 1.92. The largest absolute Gasteiger partial charge is 0.379 e. The molecule has 1 aromatic heterocycles. The normalized spacial score (nSPS) is 23.7. The number of fused-ring (bicyclic) bond motifs is 1. The lowest BCUT2D eigenvalue weighted by atomic mass is 9.94. The van der Waals surface area contributed by atoms with Gasteiger partial charge >= 0.3 is 0 Å². The number of ether oxygens (including phenoxy) is 1. The van der Waals surface area contributed by atoms with Gasteiger partial charge < -0.3 is 4.74 Å². The van der Waals surface area contributed by atoms with Gasteiger partial charge in [-0.25, -0.2) is 4.68 Å². The molecule has 2 aliphatic rings. The Morgan fingerprint density at radius 1 is 1.11 bits per heavy atom. The van der Waals surface area contributed by atoms with Gasteiger partial charge in [-0.05, 0) is 38.5 Å². The second-order valence-electron chi connectivity index (χ2n) is 5.15. The molecule has 1 aromatic rings. The van der Waals surface area contributed by atoms with E-state index < -0.39 is 0 Å². The van der Waals surface area contributed by atoms with Crippen molar-refractivity contribution in [2.45, 2.75) is 44.6 Å². The van der Waals surface area contributed by atoms with E-state index in [2.05, 4.69) is 5.10 Å². The molecule has 5 nitrogen and oxygen atoms in total. The van der Waals surface area contributed by atoms with Crippen LogP contribution < -0.4 is 11.1 Å². The minimum absolute atomic E-state index is 0.00817. The summed E-state index contributed by atoms with van der Waals surface area (Å²) in [4.78, 5) is 24.4. The van der Waals surface area contributed by atoms with E-state index in [0.717, 1.165) is 50.7 Å². The van der Waals surface area contributed by atoms with E-state index in [1.54, 1.807) is 0 Å². The molecule has 1 fully saturated rings. The van der Waals surface area contributed by atoms with Gasteiger partial charge in [0.15, 0.2) is 0 Å². The maximum Gasteiger partial charge on any atom is 0.269 e. The summed E-state index contributed by atoms with van der Waals surface area (Å²) in [5.74, 6) is 0. The van der Waals surface area contributed by atoms with E-state index in [4.69, 9.17) is 4.74 Å². The third-order valence-electron chi connectivity index (χ3n) is 3.94. The second-order valence-corrected chi connectivity index (χ2v) is 5.15. The lowest BCUT2D eigenvalue weighted by molar-refractivity contribution is 0.0526. The molecule has 0 aromatic carbocycles. The van der Waals surface area contributed by atoms with Crippen molar-refractivity contribution in [2.24, 2.45) is 0 Å². The van der Waals surface area contributed by atoms with Crippen molar-refractivity contribution in [3.63, 3.8) is 0 Å². The molecule has 0 spiro atoms. The standard InChI is InChI=1S/C13H18N2O3/c16-12-10-5-1-2-6-11(10)13(17)15(14-12)9-4-3-7-18-8-9/h9H,1-8H2,(H,14,16). The number of hydrogen-bond acceptors (Lipinski definition) is 3. The number of H-pyrrole nitrogens is 1. The van der Waals surface area contributed by atoms with Crippen LogP contribution in [0.3, 0.4) is 0 Å². The number of nitrogens with one attached hydrogen (secondary N) is 1. The van der Waals surface area contributed by atoms with Gasteiger partial charge in [0.2, 0.25) is 0 Å². The van der Waals surface area contributed by atoms with E-state index >= 15 is 0 Å². The van der Waals surface area contributed by atoms with E-state index in [9.17, 15) is 9.59 Å². The number of hydrogen-bond donors (Lipinski definition) is 1. The molecule has 1 aliphatic carbocycles. The average Bonchev–Trinajstić information content (AvgIpc) is 2.44. The Bertz CT molecular complexity index is 552. The summed E-state index contributed by atoms with van der Waals surface area (Å²) in [7, 11) is 0. The summed E-state index contributed by atoms with van der Waals surface area (Å²) >= 11 is 0. The maximum absolute atomic E-state index is 12.4. The fraction of sp³-hybridized carbons (Fsp3) is 0.692. The first-order chi connectivity index (χ1) is 8.77. The first kappa shape index (κ1) is 11.7. The van der Waals surface area contributed by atoms with Gasteiger partial charge in [-0.1, -0.05) is 0 Å². The Morgan fingerprint density at radius 2 is 1.89 bits per heavy atom. The highest BCUT2D eigenvalue weighted by Gasteiger charge is 2.23. The Morgan fingerprint density at radius 3 is 2.61 bits per heavy atom. The molecule has 0 bridgehead atoms. The molecule has 5 heteroatoms. The monoisotopic (exact) mass is 250 g/mol. The quantitative estimate of drug-likeness (QED) is 0.800. The lowest BCUT2D eigenvalue weighted by Gasteiger charge is -2.25. The van der Waals surface area contributed by atoms with Gasteiger partial charge in [-0.2, -0.15) is 0 Å². The Balaban J connectivity index is 2.07. The van der Waals surface area contributed by atoms with Gasteiger partial charge in [0.1, 0.15) is 0 Å². The predicted molar refractivity (Wildman–Crippen MR) is 67.1 cm³/mol. The Labute approximate surface area is 105 Å². The van der Waals surface area contributed by atoms with Crippen LogP contribution in [0.15, 0.2) is 9.59 Å². The van der Waals surface area contributed by atoms with Crippen LogP contribution in [0.2, 0.25) is 0 Å². The second kappa shape index (κ2) is 4.72. The van der Waals surface area contributed by atoms with Gasteiger partial charge in [0.25, 0.3) is 11.1 Å². The predicted octanol–water partition coefficient (Wildman–Crippen LogP) is 0.767. The molecule has 0 amide bonds. The molecule has 1 saturated heterocycles. The van der Waals surface area contributed by atoms with Crippen molar-refractivity contribution in [1.82, 2.24) is 9.78 Å². The van der Waals surface area contributed by atoms with Crippen LogP contribution in [0.1, 0.15) is 42.9 Å². The zero-order chi connectivity index (χ0) is 12.5. The third-order valence-corrected chi connectivity index (χ3v) is 3.94. The van der Waals surface area contributed by atoms with Crippen molar-refractivity contribution >= 4 is 0 Å². The molecule has 2 heterocycles. The molecule has 1 aliphatic heterocycles. The minimum atomic E-state index is -0.0881. The number of aromatic amines is 1. The van der Waals surface area contributed by atoms with Crippen molar-refractivity contribution in [3.05, 3.63) is 31.8 Å². The smallest absolute Gasteiger partial charge is 0.269 e. The highest BCUT2D eigenvalue weighted by Crippen LogP contribution is 2.18. The Hall–Kier alpha value is -1.36. The van der Waals surface area contributed by atoms with Crippen molar-refractivity contribution in [3.8, 4) is 0 Å². The molecule has 3 rings (SSSR count). The molecule has 18 heavy (non-hydrogen) atoms. The molecule has 1 atom stereocenters. The van der Waals surface area contributed by atoms with Crippen LogP contribution in [0, 0.1) is 0 Å². The zero-order valence-electron chi connectivity index (χ0n) is 10.4. The van der Waals surface area contributed by atoms with Gasteiger partial charge in [-0.3, -0.25) is 14.7 Å². The van der Waals surface area contributed by atoms with Gasteiger partial charge in [-0.15, -0.1) is 0 Å². The fourth-order valence-electron chi connectivity index (χ4n) is 2.95. The average molecular weight is 250 g/mol. The van der Waals surface area contributed by atoms with Crippen molar-refractivity contribution in [2.75, 3.05) is 13.2 Å². The molecule has 0 radical (unpaired) electrons.